The third kappa shape index (κ3) is 6.95. The molecule has 10 heteroatoms. The zero-order valence-electron chi connectivity index (χ0n) is 21.5. The lowest BCUT2D eigenvalue weighted by Crippen LogP contribution is -2.52. The van der Waals surface area contributed by atoms with Gasteiger partial charge >= 0.3 is 0 Å². The van der Waals surface area contributed by atoms with Crippen LogP contribution in [0.2, 0.25) is 0 Å². The minimum Gasteiger partial charge on any atom is -0.352 e. The first-order valence-corrected chi connectivity index (χ1v) is 13.6. The summed E-state index contributed by atoms with van der Waals surface area (Å²) in [6.45, 7) is 4.31. The Kier molecular flexibility index (Phi) is 9.57. The molecule has 3 rings (SSSR count). The lowest BCUT2D eigenvalue weighted by molar-refractivity contribution is -0.139. The van der Waals surface area contributed by atoms with Crippen molar-refractivity contribution >= 4 is 27.5 Å². The molecule has 0 aliphatic heterocycles. The maximum absolute atomic E-state index is 14.5. The van der Waals surface area contributed by atoms with E-state index in [1.165, 1.54) is 37.3 Å². The second-order valence-corrected chi connectivity index (χ2v) is 10.8. The molecule has 38 heavy (non-hydrogen) atoms. The minimum absolute atomic E-state index is 0.157. The number of sulfonamides is 1. The Morgan fingerprint density at radius 1 is 0.895 bits per heavy atom. The summed E-state index contributed by atoms with van der Waals surface area (Å²) in [7, 11) is -4.30. The van der Waals surface area contributed by atoms with Crippen molar-refractivity contribution in [2.24, 2.45) is 0 Å². The Balaban J connectivity index is 2.01. The normalized spacial score (nSPS) is 12.9. The van der Waals surface area contributed by atoms with E-state index in [0.29, 0.717) is 6.42 Å². The number of benzene rings is 3. The number of carbonyl (C=O) groups is 2. The predicted octanol–water partition coefficient (Wildman–Crippen LogP) is 4.49. The van der Waals surface area contributed by atoms with Gasteiger partial charge in [0, 0.05) is 18.2 Å². The van der Waals surface area contributed by atoms with Crippen LogP contribution in [0.15, 0.2) is 83.8 Å². The molecule has 3 aromatic rings. The molecule has 0 aliphatic rings. The highest BCUT2D eigenvalue weighted by Crippen LogP contribution is 2.25. The number of anilines is 1. The van der Waals surface area contributed by atoms with Crippen LogP contribution in [0.25, 0.3) is 0 Å². The van der Waals surface area contributed by atoms with E-state index in [1.54, 1.807) is 24.3 Å². The van der Waals surface area contributed by atoms with Crippen molar-refractivity contribution in [3.05, 3.63) is 96.1 Å². The number of para-hydroxylation sites is 1. The number of nitrogens with one attached hydrogen (secondary N) is 1. The number of halogens is 2. The van der Waals surface area contributed by atoms with Gasteiger partial charge in [0.05, 0.1) is 10.6 Å². The molecule has 0 heterocycles. The maximum Gasteiger partial charge on any atom is 0.264 e. The third-order valence-corrected chi connectivity index (χ3v) is 7.98. The van der Waals surface area contributed by atoms with E-state index >= 15 is 0 Å². The van der Waals surface area contributed by atoms with Gasteiger partial charge in [-0.25, -0.2) is 17.2 Å². The largest absolute Gasteiger partial charge is 0.352 e. The summed E-state index contributed by atoms with van der Waals surface area (Å²) < 4.78 is 56.1. The van der Waals surface area contributed by atoms with E-state index in [1.807, 2.05) is 13.8 Å². The van der Waals surface area contributed by atoms with E-state index in [2.05, 4.69) is 5.32 Å². The van der Waals surface area contributed by atoms with E-state index in [9.17, 15) is 26.8 Å². The molecule has 1 N–H and O–H groups in total. The standard InChI is InChI=1S/C28H31F2N3O4S/c1-4-20(2)31-28(35)21(3)32(18-22-10-8-9-13-26(22)30)27(34)19-33(24-11-6-5-7-12-24)38(36,37)25-16-14-23(29)15-17-25/h5-17,20-21H,4,18-19H2,1-3H3,(H,31,35)/t20-,21-/m0/s1. The Morgan fingerprint density at radius 3 is 2.11 bits per heavy atom. The summed E-state index contributed by atoms with van der Waals surface area (Å²) in [5.74, 6) is -2.33. The smallest absolute Gasteiger partial charge is 0.264 e. The summed E-state index contributed by atoms with van der Waals surface area (Å²) in [5, 5.41) is 2.82. The topological polar surface area (TPSA) is 86.8 Å². The zero-order valence-corrected chi connectivity index (χ0v) is 22.3. The van der Waals surface area contributed by atoms with Gasteiger partial charge in [0.2, 0.25) is 11.8 Å². The average molecular weight is 544 g/mol. The molecule has 2 atom stereocenters. The molecule has 2 amide bonds. The summed E-state index contributed by atoms with van der Waals surface area (Å²) in [5.41, 5.74) is 0.379. The SMILES string of the molecule is CC[C@H](C)NC(=O)[C@H](C)N(Cc1ccccc1F)C(=O)CN(c1ccccc1)S(=O)(=O)c1ccc(F)cc1. The fraction of sp³-hybridized carbons (Fsp3) is 0.286. The van der Waals surface area contributed by atoms with Gasteiger partial charge in [0.1, 0.15) is 24.2 Å². The van der Waals surface area contributed by atoms with Crippen LogP contribution < -0.4 is 9.62 Å². The van der Waals surface area contributed by atoms with Crippen molar-refractivity contribution in [3.63, 3.8) is 0 Å². The number of carbonyl (C=O) groups excluding carboxylic acids is 2. The van der Waals surface area contributed by atoms with Gasteiger partial charge in [-0.2, -0.15) is 0 Å². The fourth-order valence-electron chi connectivity index (χ4n) is 3.72. The minimum atomic E-state index is -4.30. The van der Waals surface area contributed by atoms with Crippen molar-refractivity contribution in [1.29, 1.82) is 0 Å². The first kappa shape index (κ1) is 28.8. The lowest BCUT2D eigenvalue weighted by atomic mass is 10.1. The van der Waals surface area contributed by atoms with E-state index in [-0.39, 0.29) is 28.7 Å². The number of rotatable bonds is 11. The Bertz CT molecular complexity index is 1350. The van der Waals surface area contributed by atoms with Crippen LogP contribution in [-0.2, 0) is 26.2 Å². The van der Waals surface area contributed by atoms with Crippen LogP contribution in [0.1, 0.15) is 32.8 Å². The quantitative estimate of drug-likeness (QED) is 0.386. The highest BCUT2D eigenvalue weighted by Gasteiger charge is 2.33. The second-order valence-electron chi connectivity index (χ2n) is 8.91. The Labute approximate surface area is 222 Å². The molecule has 0 fully saturated rings. The van der Waals surface area contributed by atoms with Crippen LogP contribution in [0.3, 0.4) is 0 Å². The molecular weight excluding hydrogens is 512 g/mol. The van der Waals surface area contributed by atoms with E-state index in [4.69, 9.17) is 0 Å². The van der Waals surface area contributed by atoms with Crippen LogP contribution in [0.5, 0.6) is 0 Å². The van der Waals surface area contributed by atoms with Crippen molar-refractivity contribution in [2.45, 2.75) is 50.7 Å². The first-order valence-electron chi connectivity index (χ1n) is 12.2. The number of nitrogens with zero attached hydrogens (tertiary/aromatic N) is 2. The molecule has 0 aromatic heterocycles. The number of hydrogen-bond acceptors (Lipinski definition) is 4. The van der Waals surface area contributed by atoms with Gasteiger partial charge < -0.3 is 10.2 Å². The van der Waals surface area contributed by atoms with Crippen molar-refractivity contribution in [1.82, 2.24) is 10.2 Å². The highest BCUT2D eigenvalue weighted by molar-refractivity contribution is 7.92. The molecular formula is C28H31F2N3O4S. The van der Waals surface area contributed by atoms with E-state index < -0.39 is 46.1 Å². The molecule has 0 radical (unpaired) electrons. The van der Waals surface area contributed by atoms with Gasteiger partial charge in [-0.05, 0) is 62.7 Å². The third-order valence-electron chi connectivity index (χ3n) is 6.19. The Morgan fingerprint density at radius 2 is 1.50 bits per heavy atom. The molecule has 0 unspecified atom stereocenters. The first-order chi connectivity index (χ1) is 18.0. The number of hydrogen-bond donors (Lipinski definition) is 1. The molecule has 0 bridgehead atoms. The van der Waals surface area contributed by atoms with Gasteiger partial charge in [-0.1, -0.05) is 43.3 Å². The molecule has 7 nitrogen and oxygen atoms in total. The van der Waals surface area contributed by atoms with Crippen LogP contribution >= 0.6 is 0 Å². The summed E-state index contributed by atoms with van der Waals surface area (Å²) in [6, 6.07) is 16.9. The average Bonchev–Trinajstić information content (AvgIpc) is 2.91. The van der Waals surface area contributed by atoms with Gasteiger partial charge in [0.25, 0.3) is 10.0 Å². The molecule has 3 aromatic carbocycles. The van der Waals surface area contributed by atoms with Crippen LogP contribution in [0, 0.1) is 11.6 Å². The lowest BCUT2D eigenvalue weighted by Gasteiger charge is -2.32. The number of amides is 2. The van der Waals surface area contributed by atoms with Crippen LogP contribution in [0.4, 0.5) is 14.5 Å². The molecule has 0 saturated heterocycles. The predicted molar refractivity (Wildman–Crippen MR) is 142 cm³/mol. The Hall–Kier alpha value is -3.79. The second kappa shape index (κ2) is 12.6. The molecule has 202 valence electrons. The monoisotopic (exact) mass is 543 g/mol. The van der Waals surface area contributed by atoms with Crippen molar-refractivity contribution in [2.75, 3.05) is 10.8 Å². The van der Waals surface area contributed by atoms with E-state index in [0.717, 1.165) is 33.5 Å². The molecule has 0 spiro atoms. The summed E-state index contributed by atoms with van der Waals surface area (Å²) >= 11 is 0. The van der Waals surface area contributed by atoms with Gasteiger partial charge in [-0.15, -0.1) is 0 Å². The zero-order chi connectivity index (χ0) is 27.9. The van der Waals surface area contributed by atoms with Crippen molar-refractivity contribution in [3.8, 4) is 0 Å². The molecule has 0 aliphatic carbocycles. The van der Waals surface area contributed by atoms with Gasteiger partial charge in [0.15, 0.2) is 0 Å². The van der Waals surface area contributed by atoms with Crippen LogP contribution in [-0.4, -0.2) is 43.8 Å². The fourth-order valence-corrected chi connectivity index (χ4v) is 5.13. The van der Waals surface area contributed by atoms with Crippen molar-refractivity contribution < 1.29 is 26.8 Å². The highest BCUT2D eigenvalue weighted by atomic mass is 32.2. The van der Waals surface area contributed by atoms with Gasteiger partial charge in [-0.3, -0.25) is 13.9 Å². The maximum atomic E-state index is 14.5. The summed E-state index contributed by atoms with van der Waals surface area (Å²) in [4.78, 5) is 27.7. The summed E-state index contributed by atoms with van der Waals surface area (Å²) in [6.07, 6.45) is 0.664. The molecule has 0 saturated carbocycles.